The molecule has 1 saturated heterocycles. The quantitative estimate of drug-likeness (QED) is 0.741. The molecule has 2 N–H and O–H groups in total. The predicted octanol–water partition coefficient (Wildman–Crippen LogP) is 0.811. The van der Waals surface area contributed by atoms with Crippen molar-refractivity contribution in [1.82, 2.24) is 20.0 Å². The van der Waals surface area contributed by atoms with Crippen molar-refractivity contribution < 1.29 is 32.7 Å². The average Bonchev–Trinajstić information content (AvgIpc) is 2.94. The molecule has 0 aliphatic carbocycles. The smallest absolute Gasteiger partial charge is 0.435 e. The minimum atomic E-state index is -4.70. The number of carboxylic acids is 1. The van der Waals surface area contributed by atoms with Gasteiger partial charge in [0, 0.05) is 18.9 Å². The number of nitrogens with zero attached hydrogens (tertiary/aromatic N) is 3. The summed E-state index contributed by atoms with van der Waals surface area (Å²) in [7, 11) is 1.18. The summed E-state index contributed by atoms with van der Waals surface area (Å²) in [6.07, 6.45) is -4.70. The van der Waals surface area contributed by atoms with Crippen LogP contribution in [0.15, 0.2) is 17.3 Å². The number of hydrogen-bond acceptors (Lipinski definition) is 5. The van der Waals surface area contributed by atoms with Crippen LogP contribution in [0.3, 0.4) is 0 Å². The summed E-state index contributed by atoms with van der Waals surface area (Å²) in [4.78, 5) is 36.9. The van der Waals surface area contributed by atoms with Gasteiger partial charge in [0.2, 0.25) is 0 Å². The van der Waals surface area contributed by atoms with E-state index in [9.17, 15) is 32.7 Å². The van der Waals surface area contributed by atoms with Gasteiger partial charge >= 0.3 is 12.1 Å². The molecular formula is C14H13F3N4O4S. The number of nitrogens with one attached hydrogen (secondary N) is 1. The fourth-order valence-electron chi connectivity index (χ4n) is 2.81. The number of aryl methyl sites for hydroxylation is 1. The van der Waals surface area contributed by atoms with Crippen LogP contribution in [0.2, 0.25) is 0 Å². The number of alkyl halides is 3. The molecule has 0 saturated carbocycles. The molecule has 3 rings (SSSR count). The first-order chi connectivity index (χ1) is 12.0. The second-order valence-electron chi connectivity index (χ2n) is 5.83. The van der Waals surface area contributed by atoms with E-state index in [1.807, 2.05) is 0 Å². The highest BCUT2D eigenvalue weighted by molar-refractivity contribution is 8.00. The molecule has 0 aromatic carbocycles. The van der Waals surface area contributed by atoms with E-state index in [4.69, 9.17) is 0 Å². The fourth-order valence-corrected chi connectivity index (χ4v) is 4.10. The minimum absolute atomic E-state index is 0.121. The zero-order valence-corrected chi connectivity index (χ0v) is 14.3. The summed E-state index contributed by atoms with van der Waals surface area (Å²) >= 11 is 1.27. The van der Waals surface area contributed by atoms with Crippen LogP contribution < -0.4 is 5.32 Å². The molecule has 1 aromatic rings. The van der Waals surface area contributed by atoms with E-state index >= 15 is 0 Å². The molecular weight excluding hydrogens is 377 g/mol. The lowest BCUT2D eigenvalue weighted by atomic mass is 10.0. The number of amides is 2. The van der Waals surface area contributed by atoms with Crippen LogP contribution in [0, 0.1) is 0 Å². The van der Waals surface area contributed by atoms with Gasteiger partial charge in [0.1, 0.15) is 22.8 Å². The second-order valence-corrected chi connectivity index (χ2v) is 6.94. The van der Waals surface area contributed by atoms with Crippen molar-refractivity contribution in [2.75, 3.05) is 5.75 Å². The third-order valence-electron chi connectivity index (χ3n) is 4.05. The molecule has 1 fully saturated rings. The van der Waals surface area contributed by atoms with Crippen molar-refractivity contribution in [1.29, 1.82) is 0 Å². The predicted molar refractivity (Wildman–Crippen MR) is 82.9 cm³/mol. The Kier molecular flexibility index (Phi) is 4.25. The molecule has 0 bridgehead atoms. The molecule has 140 valence electrons. The first-order valence-electron chi connectivity index (χ1n) is 7.32. The maximum absolute atomic E-state index is 12.7. The highest BCUT2D eigenvalue weighted by atomic mass is 32.2. The number of rotatable bonds is 3. The van der Waals surface area contributed by atoms with Crippen LogP contribution in [0.5, 0.6) is 0 Å². The van der Waals surface area contributed by atoms with Gasteiger partial charge in [-0.1, -0.05) is 0 Å². The van der Waals surface area contributed by atoms with E-state index in [0.717, 1.165) is 9.58 Å². The molecule has 12 heteroatoms. The number of carboxylic acid groups (broad SMARTS) is 1. The molecule has 0 spiro atoms. The number of aliphatic carboxylic acids is 1. The number of hydrogen-bond donors (Lipinski definition) is 2. The van der Waals surface area contributed by atoms with Crippen molar-refractivity contribution in [3.05, 3.63) is 28.7 Å². The number of halogens is 3. The van der Waals surface area contributed by atoms with Crippen LogP contribution in [0.1, 0.15) is 23.1 Å². The zero-order valence-electron chi connectivity index (χ0n) is 13.5. The van der Waals surface area contributed by atoms with Gasteiger partial charge in [0.05, 0.1) is 0 Å². The molecule has 0 unspecified atom stereocenters. The highest BCUT2D eigenvalue weighted by Crippen LogP contribution is 2.40. The van der Waals surface area contributed by atoms with E-state index in [-0.39, 0.29) is 11.4 Å². The molecule has 3 heterocycles. The lowest BCUT2D eigenvalue weighted by Gasteiger charge is -2.49. The molecule has 2 atom stereocenters. The minimum Gasteiger partial charge on any atom is -0.477 e. The number of thioether (sulfide) groups is 1. The molecule has 8 nitrogen and oxygen atoms in total. The average molecular weight is 390 g/mol. The van der Waals surface area contributed by atoms with Gasteiger partial charge < -0.3 is 10.4 Å². The molecule has 2 amide bonds. The molecule has 0 radical (unpaired) electrons. The summed E-state index contributed by atoms with van der Waals surface area (Å²) in [6, 6.07) is -0.420. The molecule has 1 aromatic heterocycles. The van der Waals surface area contributed by atoms with Gasteiger partial charge in [0.15, 0.2) is 5.69 Å². The van der Waals surface area contributed by atoms with Crippen LogP contribution in [-0.2, 0) is 22.8 Å². The van der Waals surface area contributed by atoms with E-state index in [2.05, 4.69) is 10.4 Å². The lowest BCUT2D eigenvalue weighted by molar-refractivity contribution is -0.148. The van der Waals surface area contributed by atoms with E-state index < -0.39 is 41.1 Å². The number of carbonyl (C=O) groups excluding carboxylic acids is 2. The van der Waals surface area contributed by atoms with Crippen LogP contribution in [0.25, 0.3) is 0 Å². The molecule has 2 aliphatic rings. The van der Waals surface area contributed by atoms with Gasteiger partial charge in [-0.25, -0.2) is 4.79 Å². The number of fused-ring (bicyclic) bond motifs is 1. The second kappa shape index (κ2) is 6.04. The van der Waals surface area contributed by atoms with Gasteiger partial charge in [-0.05, 0) is 12.5 Å². The first kappa shape index (κ1) is 18.3. The van der Waals surface area contributed by atoms with E-state index in [1.54, 1.807) is 6.92 Å². The van der Waals surface area contributed by atoms with Crippen molar-refractivity contribution >= 4 is 29.5 Å². The largest absolute Gasteiger partial charge is 0.477 e. The lowest BCUT2D eigenvalue weighted by Crippen LogP contribution is -2.70. The van der Waals surface area contributed by atoms with Crippen molar-refractivity contribution in [3.63, 3.8) is 0 Å². The Labute approximate surface area is 149 Å². The van der Waals surface area contributed by atoms with Crippen molar-refractivity contribution in [2.45, 2.75) is 24.5 Å². The fraction of sp³-hybridized carbons (Fsp3) is 0.429. The summed E-state index contributed by atoms with van der Waals surface area (Å²) in [5.74, 6) is -2.39. The van der Waals surface area contributed by atoms with Gasteiger partial charge in [-0.15, -0.1) is 11.8 Å². The maximum Gasteiger partial charge on any atom is 0.435 e. The van der Waals surface area contributed by atoms with Crippen molar-refractivity contribution in [2.24, 2.45) is 7.05 Å². The zero-order chi connectivity index (χ0) is 19.4. The maximum atomic E-state index is 12.7. The summed E-state index contributed by atoms with van der Waals surface area (Å²) < 4.78 is 38.9. The SMILES string of the molecule is CC1=C(C(=O)O)N2C(=O)[C@H](NC(=O)c3cc(C(F)(F)F)nn3C)[C@H]2SC1. The van der Waals surface area contributed by atoms with E-state index in [0.29, 0.717) is 17.4 Å². The number of β-lactam (4-membered cyclic amide) rings is 1. The monoisotopic (exact) mass is 390 g/mol. The van der Waals surface area contributed by atoms with Gasteiger partial charge in [-0.3, -0.25) is 19.2 Å². The van der Waals surface area contributed by atoms with Gasteiger partial charge in [0.25, 0.3) is 11.8 Å². The van der Waals surface area contributed by atoms with Crippen LogP contribution in [0.4, 0.5) is 13.2 Å². The Balaban J connectivity index is 1.78. The Bertz CT molecular complexity index is 848. The normalized spacial score (nSPS) is 22.8. The molecule has 2 aliphatic heterocycles. The van der Waals surface area contributed by atoms with Gasteiger partial charge in [-0.2, -0.15) is 18.3 Å². The Morgan fingerprint density at radius 1 is 1.42 bits per heavy atom. The first-order valence-corrected chi connectivity index (χ1v) is 8.37. The summed E-state index contributed by atoms with van der Waals surface area (Å²) in [6.45, 7) is 1.60. The summed E-state index contributed by atoms with van der Waals surface area (Å²) in [5.41, 5.74) is -1.16. The Hall–Kier alpha value is -2.50. The standard InChI is InChI=1S/C14H13F3N4O4S/c1-5-4-26-12-8(11(23)21(12)9(5)13(24)25)18-10(22)6-3-7(14(15,16)17)19-20(6)2/h3,8,12H,4H2,1-2H3,(H,18,22)(H,24,25)/t8-,12+/m0/s1. The number of carbonyl (C=O) groups is 3. The third kappa shape index (κ3) is 2.83. The summed E-state index contributed by atoms with van der Waals surface area (Å²) in [5, 5.41) is 14.2. The Morgan fingerprint density at radius 3 is 2.62 bits per heavy atom. The molecule has 26 heavy (non-hydrogen) atoms. The number of aromatic nitrogens is 2. The van der Waals surface area contributed by atoms with Crippen LogP contribution in [-0.4, -0.2) is 54.7 Å². The highest BCUT2D eigenvalue weighted by Gasteiger charge is 2.54. The van der Waals surface area contributed by atoms with E-state index in [1.165, 1.54) is 18.8 Å². The van der Waals surface area contributed by atoms with Crippen LogP contribution >= 0.6 is 11.8 Å². The Morgan fingerprint density at radius 2 is 2.08 bits per heavy atom. The van der Waals surface area contributed by atoms with Crippen molar-refractivity contribution in [3.8, 4) is 0 Å². The topological polar surface area (TPSA) is 105 Å². The third-order valence-corrected chi connectivity index (χ3v) is 5.48.